The summed E-state index contributed by atoms with van der Waals surface area (Å²) in [5.74, 6) is 0.0885. The maximum Gasteiger partial charge on any atom is 0.264 e. The van der Waals surface area contributed by atoms with Crippen LogP contribution in [-0.4, -0.2) is 35.1 Å². The lowest BCUT2D eigenvalue weighted by atomic mass is 10.1. The van der Waals surface area contributed by atoms with E-state index >= 15 is 0 Å². The van der Waals surface area contributed by atoms with Crippen molar-refractivity contribution >= 4 is 17.2 Å². The van der Waals surface area contributed by atoms with Gasteiger partial charge in [-0.15, -0.1) is 11.3 Å². The van der Waals surface area contributed by atoms with E-state index in [4.69, 9.17) is 0 Å². The molecule has 4 heteroatoms. The van der Waals surface area contributed by atoms with E-state index in [-0.39, 0.29) is 12.0 Å². The lowest BCUT2D eigenvalue weighted by molar-refractivity contribution is 0.0477. The summed E-state index contributed by atoms with van der Waals surface area (Å²) in [4.78, 5) is 14.8. The molecular formula is C12H17NO2S. The molecule has 0 saturated carbocycles. The second kappa shape index (κ2) is 4.97. The van der Waals surface area contributed by atoms with Crippen LogP contribution < -0.4 is 0 Å². The van der Waals surface area contributed by atoms with Crippen molar-refractivity contribution in [1.29, 1.82) is 0 Å². The molecule has 2 heterocycles. The van der Waals surface area contributed by atoms with E-state index in [2.05, 4.69) is 6.92 Å². The molecule has 0 spiro atoms. The molecule has 88 valence electrons. The first-order valence-corrected chi connectivity index (χ1v) is 6.64. The number of hydrogen-bond acceptors (Lipinski definition) is 3. The molecule has 1 aliphatic rings. The maximum absolute atomic E-state index is 12.2. The Hall–Kier alpha value is -0.870. The highest BCUT2D eigenvalue weighted by Crippen LogP contribution is 2.21. The number of β-amino-alcohol motifs (C(OH)–C–C–N with tert-alkyl or cyclic N) is 1. The Bertz CT molecular complexity index is 375. The first kappa shape index (κ1) is 11.6. The minimum Gasteiger partial charge on any atom is -0.391 e. The van der Waals surface area contributed by atoms with Gasteiger partial charge in [0.2, 0.25) is 0 Å². The molecule has 0 radical (unpaired) electrons. The van der Waals surface area contributed by atoms with Crippen LogP contribution in [0.4, 0.5) is 0 Å². The van der Waals surface area contributed by atoms with Gasteiger partial charge in [0.15, 0.2) is 0 Å². The summed E-state index contributed by atoms with van der Waals surface area (Å²) >= 11 is 1.50. The lowest BCUT2D eigenvalue weighted by Crippen LogP contribution is -2.42. The molecule has 0 aromatic carbocycles. The first-order valence-electron chi connectivity index (χ1n) is 5.76. The number of nitrogens with zero attached hydrogens (tertiary/aromatic N) is 1. The standard InChI is InChI=1S/C12H17NO2S/c1-2-9-5-7-16-11(9)12(15)13-6-3-4-10(14)8-13/h5,7,10,14H,2-4,6,8H2,1H3/t10-/m0/s1. The van der Waals surface area contributed by atoms with Crippen LogP contribution in [0.1, 0.15) is 35.0 Å². The molecule has 0 aliphatic carbocycles. The van der Waals surface area contributed by atoms with E-state index in [1.807, 2.05) is 11.4 Å². The van der Waals surface area contributed by atoms with E-state index in [0.717, 1.165) is 36.2 Å². The highest BCUT2D eigenvalue weighted by molar-refractivity contribution is 7.12. The van der Waals surface area contributed by atoms with Crippen LogP contribution in [0.5, 0.6) is 0 Å². The van der Waals surface area contributed by atoms with Crippen molar-refractivity contribution in [2.45, 2.75) is 32.3 Å². The zero-order valence-corrected chi connectivity index (χ0v) is 10.3. The van der Waals surface area contributed by atoms with E-state index in [1.54, 1.807) is 4.90 Å². The predicted octanol–water partition coefficient (Wildman–Crippen LogP) is 1.91. The highest BCUT2D eigenvalue weighted by Gasteiger charge is 2.24. The molecule has 1 saturated heterocycles. The lowest BCUT2D eigenvalue weighted by Gasteiger charge is -2.30. The van der Waals surface area contributed by atoms with Crippen LogP contribution in [0.25, 0.3) is 0 Å². The Balaban J connectivity index is 2.12. The van der Waals surface area contributed by atoms with Crippen molar-refractivity contribution in [1.82, 2.24) is 4.90 Å². The van der Waals surface area contributed by atoms with Gasteiger partial charge in [0, 0.05) is 13.1 Å². The molecule has 16 heavy (non-hydrogen) atoms. The molecule has 0 bridgehead atoms. The summed E-state index contributed by atoms with van der Waals surface area (Å²) in [5, 5.41) is 11.5. The van der Waals surface area contributed by atoms with Gasteiger partial charge >= 0.3 is 0 Å². The largest absolute Gasteiger partial charge is 0.391 e. The van der Waals surface area contributed by atoms with Gasteiger partial charge < -0.3 is 10.0 Å². The zero-order valence-electron chi connectivity index (χ0n) is 9.48. The van der Waals surface area contributed by atoms with E-state index < -0.39 is 0 Å². The molecule has 1 aliphatic heterocycles. The summed E-state index contributed by atoms with van der Waals surface area (Å²) in [7, 11) is 0. The topological polar surface area (TPSA) is 40.5 Å². The molecule has 0 unspecified atom stereocenters. The van der Waals surface area contributed by atoms with Gasteiger partial charge in [0.25, 0.3) is 5.91 Å². The molecule has 2 rings (SSSR count). The highest BCUT2D eigenvalue weighted by atomic mass is 32.1. The van der Waals surface area contributed by atoms with Crippen LogP contribution in [0.2, 0.25) is 0 Å². The third kappa shape index (κ3) is 2.28. The number of piperidine rings is 1. The van der Waals surface area contributed by atoms with Crippen LogP contribution in [0.3, 0.4) is 0 Å². The maximum atomic E-state index is 12.2. The average Bonchev–Trinajstić information content (AvgIpc) is 2.76. The fourth-order valence-corrected chi connectivity index (χ4v) is 3.05. The van der Waals surface area contributed by atoms with Gasteiger partial charge in [-0.25, -0.2) is 0 Å². The fraction of sp³-hybridized carbons (Fsp3) is 0.583. The Kier molecular flexibility index (Phi) is 3.61. The van der Waals surface area contributed by atoms with Crippen molar-refractivity contribution in [3.05, 3.63) is 21.9 Å². The zero-order chi connectivity index (χ0) is 11.5. The first-order chi connectivity index (χ1) is 7.72. The van der Waals surface area contributed by atoms with Crippen molar-refractivity contribution < 1.29 is 9.90 Å². The van der Waals surface area contributed by atoms with Gasteiger partial charge in [0.1, 0.15) is 0 Å². The summed E-state index contributed by atoms with van der Waals surface area (Å²) in [6, 6.07) is 2.01. The summed E-state index contributed by atoms with van der Waals surface area (Å²) in [5.41, 5.74) is 1.12. The Morgan fingerprint density at radius 2 is 2.50 bits per heavy atom. The molecule has 1 aromatic rings. The molecule has 1 aromatic heterocycles. The third-order valence-electron chi connectivity index (χ3n) is 3.01. The Morgan fingerprint density at radius 1 is 1.69 bits per heavy atom. The van der Waals surface area contributed by atoms with Crippen molar-refractivity contribution in [3.8, 4) is 0 Å². The molecule has 1 N–H and O–H groups in total. The summed E-state index contributed by atoms with van der Waals surface area (Å²) in [6.07, 6.45) is 2.26. The average molecular weight is 239 g/mol. The number of thiophene rings is 1. The van der Waals surface area contributed by atoms with E-state index in [1.165, 1.54) is 11.3 Å². The van der Waals surface area contributed by atoms with E-state index in [0.29, 0.717) is 6.54 Å². The monoisotopic (exact) mass is 239 g/mol. The Labute approximate surface area is 99.7 Å². The molecule has 1 fully saturated rings. The van der Waals surface area contributed by atoms with Crippen LogP contribution in [0, 0.1) is 0 Å². The van der Waals surface area contributed by atoms with Crippen LogP contribution in [0.15, 0.2) is 11.4 Å². The van der Waals surface area contributed by atoms with Crippen LogP contribution >= 0.6 is 11.3 Å². The number of amides is 1. The number of aliphatic hydroxyl groups is 1. The van der Waals surface area contributed by atoms with Crippen molar-refractivity contribution in [2.24, 2.45) is 0 Å². The minimum absolute atomic E-state index is 0.0885. The van der Waals surface area contributed by atoms with Crippen molar-refractivity contribution in [2.75, 3.05) is 13.1 Å². The number of aryl methyl sites for hydroxylation is 1. The van der Waals surface area contributed by atoms with Gasteiger partial charge in [-0.3, -0.25) is 4.79 Å². The van der Waals surface area contributed by atoms with Gasteiger partial charge in [-0.1, -0.05) is 6.92 Å². The van der Waals surface area contributed by atoms with E-state index in [9.17, 15) is 9.90 Å². The SMILES string of the molecule is CCc1ccsc1C(=O)N1CCC[C@H](O)C1. The predicted molar refractivity (Wildman–Crippen MR) is 64.8 cm³/mol. The second-order valence-electron chi connectivity index (χ2n) is 4.18. The fourth-order valence-electron chi connectivity index (χ4n) is 2.08. The number of rotatable bonds is 2. The van der Waals surface area contributed by atoms with Gasteiger partial charge in [-0.2, -0.15) is 0 Å². The second-order valence-corrected chi connectivity index (χ2v) is 5.09. The Morgan fingerprint density at radius 3 is 3.19 bits per heavy atom. The number of likely N-dealkylation sites (tertiary alicyclic amines) is 1. The van der Waals surface area contributed by atoms with Crippen LogP contribution in [-0.2, 0) is 6.42 Å². The molecule has 3 nitrogen and oxygen atoms in total. The third-order valence-corrected chi connectivity index (χ3v) is 3.95. The van der Waals surface area contributed by atoms with Gasteiger partial charge in [0.05, 0.1) is 11.0 Å². The molecular weight excluding hydrogens is 222 g/mol. The van der Waals surface area contributed by atoms with Crippen molar-refractivity contribution in [3.63, 3.8) is 0 Å². The summed E-state index contributed by atoms with van der Waals surface area (Å²) in [6.45, 7) is 3.32. The smallest absolute Gasteiger partial charge is 0.264 e. The normalized spacial score (nSPS) is 21.1. The number of hydrogen-bond donors (Lipinski definition) is 1. The quantitative estimate of drug-likeness (QED) is 0.856. The molecule has 1 amide bonds. The minimum atomic E-state index is -0.345. The summed E-state index contributed by atoms with van der Waals surface area (Å²) < 4.78 is 0. The van der Waals surface area contributed by atoms with Gasteiger partial charge in [-0.05, 0) is 36.3 Å². The number of carbonyl (C=O) groups is 1. The number of aliphatic hydroxyl groups excluding tert-OH is 1. The molecule has 1 atom stereocenters. The number of carbonyl (C=O) groups excluding carboxylic acids is 1.